The lowest BCUT2D eigenvalue weighted by Gasteiger charge is -2.12. The lowest BCUT2D eigenvalue weighted by atomic mass is 10.2. The standard InChI is InChI=1S/C26H25Cl2N3O5/c1-34-21-8-5-18(6-9-21)26(33)29-12-11-25(32)31-30-15-17-3-10-23(24(13-17)35-2)36-16-19-4-7-20(27)14-22(19)28/h3-10,13-15H,11-12,16H2,1-2H3,(H,29,33)(H,31,32). The minimum atomic E-state index is -0.340. The Labute approximate surface area is 219 Å². The summed E-state index contributed by atoms with van der Waals surface area (Å²) in [6, 6.07) is 17.1. The van der Waals surface area contributed by atoms with Crippen LogP contribution >= 0.6 is 23.2 Å². The predicted octanol–water partition coefficient (Wildman–Crippen LogP) is 4.86. The molecule has 0 heterocycles. The van der Waals surface area contributed by atoms with E-state index in [1.165, 1.54) is 13.3 Å². The first-order chi connectivity index (χ1) is 17.4. The number of carbonyl (C=O) groups is 2. The van der Waals surface area contributed by atoms with Gasteiger partial charge in [0.15, 0.2) is 11.5 Å². The number of nitrogens with one attached hydrogen (secondary N) is 2. The third kappa shape index (κ3) is 7.90. The number of halogens is 2. The van der Waals surface area contributed by atoms with Crippen LogP contribution in [0.25, 0.3) is 0 Å². The average molecular weight is 530 g/mol. The molecule has 2 N–H and O–H groups in total. The minimum absolute atomic E-state index is 0.0720. The summed E-state index contributed by atoms with van der Waals surface area (Å²) in [6.45, 7) is 0.411. The zero-order valence-electron chi connectivity index (χ0n) is 19.7. The van der Waals surface area contributed by atoms with E-state index in [2.05, 4.69) is 15.8 Å². The van der Waals surface area contributed by atoms with Crippen molar-refractivity contribution in [2.75, 3.05) is 20.8 Å². The molecule has 8 nitrogen and oxygen atoms in total. The van der Waals surface area contributed by atoms with Crippen LogP contribution in [0.15, 0.2) is 65.8 Å². The fraction of sp³-hybridized carbons (Fsp3) is 0.192. The van der Waals surface area contributed by atoms with Gasteiger partial charge >= 0.3 is 0 Å². The number of hydrazone groups is 1. The number of ether oxygens (including phenoxy) is 3. The van der Waals surface area contributed by atoms with Gasteiger partial charge < -0.3 is 19.5 Å². The van der Waals surface area contributed by atoms with Gasteiger partial charge in [0.1, 0.15) is 12.4 Å². The summed E-state index contributed by atoms with van der Waals surface area (Å²) < 4.78 is 16.3. The van der Waals surface area contributed by atoms with E-state index >= 15 is 0 Å². The number of hydrogen-bond donors (Lipinski definition) is 2. The minimum Gasteiger partial charge on any atom is -0.497 e. The average Bonchev–Trinajstić information content (AvgIpc) is 2.88. The van der Waals surface area contributed by atoms with Crippen LogP contribution in [0.1, 0.15) is 27.9 Å². The third-order valence-electron chi connectivity index (χ3n) is 4.98. The quantitative estimate of drug-likeness (QED) is 0.273. The van der Waals surface area contributed by atoms with Crippen molar-refractivity contribution in [2.24, 2.45) is 5.10 Å². The van der Waals surface area contributed by atoms with Crippen molar-refractivity contribution in [3.8, 4) is 17.2 Å². The highest BCUT2D eigenvalue weighted by Crippen LogP contribution is 2.29. The SMILES string of the molecule is COc1ccc(C(=O)NCCC(=O)NN=Cc2ccc(OCc3ccc(Cl)cc3Cl)c(OC)c2)cc1. The Balaban J connectivity index is 1.46. The van der Waals surface area contributed by atoms with Crippen molar-refractivity contribution in [3.63, 3.8) is 0 Å². The topological polar surface area (TPSA) is 98.2 Å². The molecular weight excluding hydrogens is 505 g/mol. The zero-order chi connectivity index (χ0) is 25.9. The molecular formula is C26H25Cl2N3O5. The largest absolute Gasteiger partial charge is 0.497 e. The van der Waals surface area contributed by atoms with Crippen molar-refractivity contribution in [3.05, 3.63) is 87.4 Å². The molecule has 3 aromatic rings. The fourth-order valence-corrected chi connectivity index (χ4v) is 3.51. The number of rotatable bonds is 11. The first-order valence-corrected chi connectivity index (χ1v) is 11.6. The molecule has 0 atom stereocenters. The molecule has 0 saturated carbocycles. The summed E-state index contributed by atoms with van der Waals surface area (Å²) in [6.07, 6.45) is 1.55. The van der Waals surface area contributed by atoms with E-state index in [1.54, 1.807) is 67.8 Å². The van der Waals surface area contributed by atoms with Gasteiger partial charge in [0, 0.05) is 34.1 Å². The van der Waals surface area contributed by atoms with E-state index < -0.39 is 0 Å². The lowest BCUT2D eigenvalue weighted by molar-refractivity contribution is -0.120. The highest BCUT2D eigenvalue weighted by atomic mass is 35.5. The van der Waals surface area contributed by atoms with Gasteiger partial charge in [0.05, 0.1) is 20.4 Å². The van der Waals surface area contributed by atoms with E-state index in [1.807, 2.05) is 0 Å². The van der Waals surface area contributed by atoms with E-state index in [0.717, 1.165) is 5.56 Å². The van der Waals surface area contributed by atoms with Gasteiger partial charge in [0.2, 0.25) is 5.91 Å². The molecule has 188 valence electrons. The molecule has 0 aromatic heterocycles. The Bertz CT molecular complexity index is 1230. The van der Waals surface area contributed by atoms with Crippen LogP contribution < -0.4 is 25.0 Å². The van der Waals surface area contributed by atoms with Crippen LogP contribution in [0.4, 0.5) is 0 Å². The Morgan fingerprint density at radius 2 is 1.72 bits per heavy atom. The number of amides is 2. The second kappa shape index (κ2) is 13.4. The highest BCUT2D eigenvalue weighted by molar-refractivity contribution is 6.35. The molecule has 0 radical (unpaired) electrons. The molecule has 10 heteroatoms. The van der Waals surface area contributed by atoms with Crippen LogP contribution in [0, 0.1) is 0 Å². The Hall–Kier alpha value is -3.75. The predicted molar refractivity (Wildman–Crippen MR) is 139 cm³/mol. The summed E-state index contributed by atoms with van der Waals surface area (Å²) in [5.74, 6) is 1.06. The molecule has 3 aromatic carbocycles. The summed E-state index contributed by atoms with van der Waals surface area (Å²) in [7, 11) is 3.08. The molecule has 0 spiro atoms. The normalized spacial score (nSPS) is 10.7. The smallest absolute Gasteiger partial charge is 0.251 e. The third-order valence-corrected chi connectivity index (χ3v) is 5.57. The van der Waals surface area contributed by atoms with E-state index in [9.17, 15) is 9.59 Å². The summed E-state index contributed by atoms with van der Waals surface area (Å²) in [4.78, 5) is 24.1. The molecule has 0 aliphatic carbocycles. The van der Waals surface area contributed by atoms with Gasteiger partial charge in [-0.05, 0) is 60.2 Å². The van der Waals surface area contributed by atoms with Gasteiger partial charge in [0.25, 0.3) is 5.91 Å². The van der Waals surface area contributed by atoms with Crippen LogP contribution in [-0.4, -0.2) is 38.8 Å². The lowest BCUT2D eigenvalue weighted by Crippen LogP contribution is -2.29. The maximum absolute atomic E-state index is 12.1. The molecule has 0 unspecified atom stereocenters. The summed E-state index contributed by atoms with van der Waals surface area (Å²) >= 11 is 12.1. The fourth-order valence-electron chi connectivity index (χ4n) is 3.05. The van der Waals surface area contributed by atoms with Gasteiger partial charge in [-0.1, -0.05) is 29.3 Å². The first kappa shape index (κ1) is 26.8. The van der Waals surface area contributed by atoms with Crippen molar-refractivity contribution >= 4 is 41.2 Å². The molecule has 0 fully saturated rings. The monoisotopic (exact) mass is 529 g/mol. The Kier molecular flexibility index (Phi) is 9.97. The molecule has 0 aliphatic heterocycles. The maximum atomic E-state index is 12.1. The molecule has 2 amide bonds. The van der Waals surface area contributed by atoms with Gasteiger partial charge in [-0.3, -0.25) is 9.59 Å². The first-order valence-electron chi connectivity index (χ1n) is 10.9. The Morgan fingerprint density at radius 1 is 0.944 bits per heavy atom. The van der Waals surface area contributed by atoms with Crippen molar-refractivity contribution in [1.82, 2.24) is 10.7 Å². The van der Waals surface area contributed by atoms with E-state index in [4.69, 9.17) is 37.4 Å². The van der Waals surface area contributed by atoms with Crippen molar-refractivity contribution < 1.29 is 23.8 Å². The van der Waals surface area contributed by atoms with Gasteiger partial charge in [-0.2, -0.15) is 5.10 Å². The second-order valence-electron chi connectivity index (χ2n) is 7.46. The van der Waals surface area contributed by atoms with Crippen LogP contribution in [0.3, 0.4) is 0 Å². The maximum Gasteiger partial charge on any atom is 0.251 e. The summed E-state index contributed by atoms with van der Waals surface area (Å²) in [5, 5.41) is 7.71. The molecule has 0 saturated heterocycles. The van der Waals surface area contributed by atoms with Crippen molar-refractivity contribution in [2.45, 2.75) is 13.0 Å². The van der Waals surface area contributed by atoms with Crippen LogP contribution in [0.2, 0.25) is 10.0 Å². The van der Waals surface area contributed by atoms with E-state index in [0.29, 0.717) is 38.4 Å². The second-order valence-corrected chi connectivity index (χ2v) is 8.31. The van der Waals surface area contributed by atoms with Gasteiger partial charge in [-0.15, -0.1) is 0 Å². The molecule has 3 rings (SSSR count). The molecule has 0 aliphatic rings. The highest BCUT2D eigenvalue weighted by Gasteiger charge is 2.09. The molecule has 36 heavy (non-hydrogen) atoms. The van der Waals surface area contributed by atoms with Crippen LogP contribution in [-0.2, 0) is 11.4 Å². The van der Waals surface area contributed by atoms with Crippen LogP contribution in [0.5, 0.6) is 17.2 Å². The summed E-state index contributed by atoms with van der Waals surface area (Å²) in [5.41, 5.74) is 4.39. The number of benzene rings is 3. The zero-order valence-corrected chi connectivity index (χ0v) is 21.2. The Morgan fingerprint density at radius 3 is 2.42 bits per heavy atom. The number of methoxy groups -OCH3 is 2. The van der Waals surface area contributed by atoms with Crippen molar-refractivity contribution in [1.29, 1.82) is 0 Å². The number of hydrogen-bond acceptors (Lipinski definition) is 6. The number of nitrogens with zero attached hydrogens (tertiary/aromatic N) is 1. The van der Waals surface area contributed by atoms with Gasteiger partial charge in [-0.25, -0.2) is 5.43 Å². The molecule has 0 bridgehead atoms. The number of carbonyl (C=O) groups excluding carboxylic acids is 2. The van der Waals surface area contributed by atoms with E-state index in [-0.39, 0.29) is 31.4 Å².